The van der Waals surface area contributed by atoms with Crippen LogP contribution in [0.3, 0.4) is 0 Å². The number of benzene rings is 2. The van der Waals surface area contributed by atoms with Crippen molar-refractivity contribution in [1.29, 1.82) is 0 Å². The Balaban J connectivity index is 1.49. The number of rotatable bonds is 13. The molecule has 1 heterocycles. The van der Waals surface area contributed by atoms with Gasteiger partial charge in [-0.05, 0) is 56.3 Å². The standard InChI is InChI=1S/C26H34ClN3O4/c1-26(25-13-14-28-30(25)3,20-7-9-21(27)10-8-20)34-17-6-15-29(2)16-18-33-22-11-12-23(31-4)24(19-22)32-5/h7-14,19H,6,15-18H2,1-5H3. The summed E-state index contributed by atoms with van der Waals surface area (Å²) in [7, 11) is 7.24. The van der Waals surface area contributed by atoms with Crippen molar-refractivity contribution >= 4 is 11.6 Å². The first-order valence-electron chi connectivity index (χ1n) is 11.3. The minimum atomic E-state index is -0.620. The quantitative estimate of drug-likeness (QED) is 0.324. The van der Waals surface area contributed by atoms with Crippen LogP contribution in [-0.2, 0) is 17.4 Å². The molecular formula is C26H34ClN3O4. The maximum absolute atomic E-state index is 6.46. The van der Waals surface area contributed by atoms with E-state index in [0.29, 0.717) is 29.7 Å². The number of aromatic nitrogens is 2. The molecule has 3 aromatic rings. The van der Waals surface area contributed by atoms with Gasteiger partial charge in [0.15, 0.2) is 11.5 Å². The van der Waals surface area contributed by atoms with Crippen LogP contribution in [-0.4, -0.2) is 62.3 Å². The first-order valence-corrected chi connectivity index (χ1v) is 11.7. The molecule has 0 N–H and O–H groups in total. The van der Waals surface area contributed by atoms with Gasteiger partial charge in [0.05, 0.1) is 19.9 Å². The third-order valence-corrected chi connectivity index (χ3v) is 6.13. The van der Waals surface area contributed by atoms with E-state index < -0.39 is 5.60 Å². The van der Waals surface area contributed by atoms with Crippen LogP contribution in [0.4, 0.5) is 0 Å². The second-order valence-electron chi connectivity index (χ2n) is 8.25. The number of ether oxygens (including phenoxy) is 4. The molecule has 8 heteroatoms. The van der Waals surface area contributed by atoms with Gasteiger partial charge in [0.25, 0.3) is 0 Å². The Bertz CT molecular complexity index is 1040. The Morgan fingerprint density at radius 1 is 0.971 bits per heavy atom. The fourth-order valence-corrected chi connectivity index (χ4v) is 3.99. The van der Waals surface area contributed by atoms with Crippen LogP contribution in [0.1, 0.15) is 24.6 Å². The van der Waals surface area contributed by atoms with Crippen molar-refractivity contribution in [2.45, 2.75) is 18.9 Å². The van der Waals surface area contributed by atoms with Gasteiger partial charge < -0.3 is 23.8 Å². The van der Waals surface area contributed by atoms with E-state index in [9.17, 15) is 0 Å². The molecule has 0 saturated heterocycles. The second-order valence-corrected chi connectivity index (χ2v) is 8.69. The fraction of sp³-hybridized carbons (Fsp3) is 0.423. The van der Waals surface area contributed by atoms with Gasteiger partial charge in [0, 0.05) is 44.0 Å². The molecule has 0 bridgehead atoms. The van der Waals surface area contributed by atoms with Crippen molar-refractivity contribution in [1.82, 2.24) is 14.7 Å². The van der Waals surface area contributed by atoms with Gasteiger partial charge in [0.2, 0.25) is 0 Å². The van der Waals surface area contributed by atoms with Crippen LogP contribution < -0.4 is 14.2 Å². The van der Waals surface area contributed by atoms with Crippen LogP contribution in [0, 0.1) is 0 Å². The molecule has 0 radical (unpaired) electrons. The summed E-state index contributed by atoms with van der Waals surface area (Å²) in [6, 6.07) is 15.3. The van der Waals surface area contributed by atoms with Gasteiger partial charge in [0.1, 0.15) is 18.0 Å². The number of hydrogen-bond acceptors (Lipinski definition) is 6. The van der Waals surface area contributed by atoms with E-state index >= 15 is 0 Å². The van der Waals surface area contributed by atoms with Crippen molar-refractivity contribution < 1.29 is 18.9 Å². The highest BCUT2D eigenvalue weighted by molar-refractivity contribution is 6.30. The Hall–Kier alpha value is -2.74. The predicted octanol–water partition coefficient (Wildman–Crippen LogP) is 4.77. The molecule has 0 spiro atoms. The van der Waals surface area contributed by atoms with Crippen LogP contribution >= 0.6 is 11.6 Å². The normalized spacial score (nSPS) is 13.0. The number of methoxy groups -OCH3 is 2. The molecule has 1 aromatic heterocycles. The summed E-state index contributed by atoms with van der Waals surface area (Å²) in [5.74, 6) is 2.09. The van der Waals surface area contributed by atoms with E-state index in [2.05, 4.69) is 24.0 Å². The molecule has 7 nitrogen and oxygen atoms in total. The Morgan fingerprint density at radius 3 is 2.35 bits per heavy atom. The van der Waals surface area contributed by atoms with E-state index in [1.165, 1.54) is 0 Å². The molecular weight excluding hydrogens is 454 g/mol. The van der Waals surface area contributed by atoms with Gasteiger partial charge in [-0.2, -0.15) is 5.10 Å². The first-order chi connectivity index (χ1) is 16.4. The zero-order valence-corrected chi connectivity index (χ0v) is 21.3. The fourth-order valence-electron chi connectivity index (χ4n) is 3.86. The lowest BCUT2D eigenvalue weighted by Crippen LogP contribution is -2.32. The SMILES string of the molecule is COc1ccc(OCCN(C)CCCOC(C)(c2ccc(Cl)cc2)c2ccnn2C)cc1OC. The van der Waals surface area contributed by atoms with E-state index in [1.807, 2.05) is 60.3 Å². The lowest BCUT2D eigenvalue weighted by atomic mass is 9.92. The minimum absolute atomic E-state index is 0.574. The zero-order valence-electron chi connectivity index (χ0n) is 20.6. The number of halogens is 1. The molecule has 0 aliphatic rings. The molecule has 3 rings (SSSR count). The number of hydrogen-bond donors (Lipinski definition) is 0. The van der Waals surface area contributed by atoms with Crippen LogP contribution in [0.15, 0.2) is 54.7 Å². The zero-order chi connectivity index (χ0) is 24.6. The van der Waals surface area contributed by atoms with Crippen molar-refractivity contribution in [2.75, 3.05) is 47.6 Å². The number of likely N-dealkylation sites (N-methyl/N-ethyl adjacent to an activating group) is 1. The van der Waals surface area contributed by atoms with E-state index in [4.69, 9.17) is 30.5 Å². The largest absolute Gasteiger partial charge is 0.493 e. The van der Waals surface area contributed by atoms with Crippen LogP contribution in [0.25, 0.3) is 0 Å². The highest BCUT2D eigenvalue weighted by Crippen LogP contribution is 2.34. The summed E-state index contributed by atoms with van der Waals surface area (Å²) in [4.78, 5) is 2.23. The monoisotopic (exact) mass is 487 g/mol. The van der Waals surface area contributed by atoms with Crippen molar-refractivity contribution in [3.8, 4) is 17.2 Å². The molecule has 0 saturated carbocycles. The summed E-state index contributed by atoms with van der Waals surface area (Å²) in [5.41, 5.74) is 1.41. The van der Waals surface area contributed by atoms with Gasteiger partial charge in [-0.25, -0.2) is 0 Å². The molecule has 0 aliphatic heterocycles. The van der Waals surface area contributed by atoms with Crippen molar-refractivity contribution in [2.24, 2.45) is 7.05 Å². The minimum Gasteiger partial charge on any atom is -0.493 e. The molecule has 34 heavy (non-hydrogen) atoms. The van der Waals surface area contributed by atoms with Crippen molar-refractivity contribution in [3.05, 3.63) is 71.0 Å². The van der Waals surface area contributed by atoms with E-state index in [-0.39, 0.29) is 0 Å². The average molecular weight is 488 g/mol. The molecule has 0 amide bonds. The van der Waals surface area contributed by atoms with E-state index in [0.717, 1.165) is 36.5 Å². The van der Waals surface area contributed by atoms with Crippen LogP contribution in [0.2, 0.25) is 5.02 Å². The van der Waals surface area contributed by atoms with Gasteiger partial charge in [-0.1, -0.05) is 23.7 Å². The maximum atomic E-state index is 6.46. The number of nitrogens with zero attached hydrogens (tertiary/aromatic N) is 3. The van der Waals surface area contributed by atoms with Gasteiger partial charge in [-0.3, -0.25) is 4.68 Å². The molecule has 0 aliphatic carbocycles. The highest BCUT2D eigenvalue weighted by atomic mass is 35.5. The molecule has 1 unspecified atom stereocenters. The summed E-state index contributed by atoms with van der Waals surface area (Å²) >= 11 is 6.10. The number of aryl methyl sites for hydroxylation is 1. The third kappa shape index (κ3) is 6.44. The second kappa shape index (κ2) is 12.1. The van der Waals surface area contributed by atoms with Gasteiger partial charge >= 0.3 is 0 Å². The smallest absolute Gasteiger partial charge is 0.164 e. The molecule has 1 atom stereocenters. The Kier molecular flexibility index (Phi) is 9.21. The van der Waals surface area contributed by atoms with E-state index in [1.54, 1.807) is 20.4 Å². The summed E-state index contributed by atoms with van der Waals surface area (Å²) < 4.78 is 24.8. The lowest BCUT2D eigenvalue weighted by molar-refractivity contribution is -0.0134. The molecule has 184 valence electrons. The predicted molar refractivity (Wildman–Crippen MR) is 134 cm³/mol. The van der Waals surface area contributed by atoms with Crippen LogP contribution in [0.5, 0.6) is 17.2 Å². The van der Waals surface area contributed by atoms with Gasteiger partial charge in [-0.15, -0.1) is 0 Å². The topological polar surface area (TPSA) is 58.0 Å². The average Bonchev–Trinajstić information content (AvgIpc) is 3.28. The molecule has 0 fully saturated rings. The Labute approximate surface area is 207 Å². The Morgan fingerprint density at radius 2 is 1.71 bits per heavy atom. The highest BCUT2D eigenvalue weighted by Gasteiger charge is 2.32. The van der Waals surface area contributed by atoms with Crippen molar-refractivity contribution in [3.63, 3.8) is 0 Å². The lowest BCUT2D eigenvalue weighted by Gasteiger charge is -2.31. The molecule has 2 aromatic carbocycles. The summed E-state index contributed by atoms with van der Waals surface area (Å²) in [5, 5.41) is 5.04. The summed E-state index contributed by atoms with van der Waals surface area (Å²) in [6.45, 7) is 4.94. The third-order valence-electron chi connectivity index (χ3n) is 5.88. The first kappa shape index (κ1) is 25.9. The summed E-state index contributed by atoms with van der Waals surface area (Å²) in [6.07, 6.45) is 2.67. The maximum Gasteiger partial charge on any atom is 0.164 e.